The number of carbonyl (C=O) groups excluding carboxylic acids is 2. The van der Waals surface area contributed by atoms with Gasteiger partial charge in [-0.15, -0.1) is 0 Å². The van der Waals surface area contributed by atoms with Gasteiger partial charge >= 0.3 is 11.9 Å². The maximum absolute atomic E-state index is 12.6. The van der Waals surface area contributed by atoms with Crippen LogP contribution in [0.3, 0.4) is 0 Å². The van der Waals surface area contributed by atoms with E-state index in [0.717, 1.165) is 45.1 Å². The summed E-state index contributed by atoms with van der Waals surface area (Å²) in [5.74, 6) is 1.09. The lowest BCUT2D eigenvalue weighted by molar-refractivity contribution is -0.146. The van der Waals surface area contributed by atoms with Crippen LogP contribution in [0.5, 0.6) is 0 Å². The molecule has 0 bridgehead atoms. The molecule has 1 aliphatic rings. The molecule has 6 nitrogen and oxygen atoms in total. The van der Waals surface area contributed by atoms with Crippen molar-refractivity contribution in [2.75, 3.05) is 40.0 Å². The van der Waals surface area contributed by atoms with Crippen molar-refractivity contribution < 1.29 is 23.8 Å². The molecule has 0 N–H and O–H groups in total. The second kappa shape index (κ2) is 43.8. The summed E-state index contributed by atoms with van der Waals surface area (Å²) in [6, 6.07) is 0. The number of unbranched alkanes of at least 4 members (excludes halogenated alkanes) is 21. The molecule has 0 aromatic rings. The van der Waals surface area contributed by atoms with E-state index in [4.69, 9.17) is 14.2 Å². The summed E-state index contributed by atoms with van der Waals surface area (Å²) in [4.78, 5) is 27.5. The zero-order valence-corrected chi connectivity index (χ0v) is 41.7. The van der Waals surface area contributed by atoms with Crippen molar-refractivity contribution in [2.45, 2.75) is 278 Å². The van der Waals surface area contributed by atoms with Gasteiger partial charge in [-0.25, -0.2) is 0 Å². The molecule has 0 amide bonds. The SMILES string of the molecule is CCCCCC(CCCCC)CC(=O)OCCCCCCCCCC(CCCCCCCCCOC(=O)CC(CCCCC)CCCCC)OCCCC=C1CCN(C)CC1. The zero-order chi connectivity index (χ0) is 44.3. The minimum Gasteiger partial charge on any atom is -0.466 e. The Hall–Kier alpha value is -1.40. The Morgan fingerprint density at radius 3 is 1.23 bits per heavy atom. The first kappa shape index (κ1) is 57.6. The molecule has 0 saturated carbocycles. The Balaban J connectivity index is 2.26. The number of allylic oxidation sites excluding steroid dienone is 1. The quantitative estimate of drug-likeness (QED) is 0.0345. The van der Waals surface area contributed by atoms with Crippen LogP contribution in [0.15, 0.2) is 11.6 Å². The third-order valence-electron chi connectivity index (χ3n) is 13.4. The Bertz CT molecular complexity index is 911. The molecule has 1 heterocycles. The molecule has 0 aromatic heterocycles. The highest BCUT2D eigenvalue weighted by atomic mass is 16.5. The third-order valence-corrected chi connectivity index (χ3v) is 13.4. The number of likely N-dealkylation sites (tertiary alicyclic amines) is 1. The third kappa shape index (κ3) is 37.7. The molecule has 1 rings (SSSR count). The molecular formula is C55H105NO5. The molecule has 360 valence electrons. The molecule has 61 heavy (non-hydrogen) atoms. The molecule has 0 atom stereocenters. The Labute approximate surface area is 380 Å². The van der Waals surface area contributed by atoms with Crippen molar-refractivity contribution in [2.24, 2.45) is 11.8 Å². The van der Waals surface area contributed by atoms with Crippen LogP contribution in [-0.2, 0) is 23.8 Å². The fourth-order valence-electron chi connectivity index (χ4n) is 9.17. The molecule has 6 heteroatoms. The van der Waals surface area contributed by atoms with E-state index in [1.54, 1.807) is 5.57 Å². The van der Waals surface area contributed by atoms with Crippen LogP contribution in [0.25, 0.3) is 0 Å². The predicted molar refractivity (Wildman–Crippen MR) is 262 cm³/mol. The van der Waals surface area contributed by atoms with E-state index in [1.807, 2.05) is 0 Å². The number of rotatable bonds is 45. The normalized spacial score (nSPS) is 13.5. The summed E-state index contributed by atoms with van der Waals surface area (Å²) in [6.07, 6.45) is 48.1. The standard InChI is InChI=1S/C55H105NO5/c1-6-10-24-35-51(36-25-11-7-2)48-54(57)60-46-31-22-18-14-16-20-28-39-53(59-45-33-30-34-50-41-43-56(5)44-42-50)40-29-21-17-15-19-23-32-47-61-55(58)49-52(37-26-12-8-3)38-27-13-9-4/h34,51-53H,6-33,35-49H2,1-5H3. The van der Waals surface area contributed by atoms with Gasteiger partial charge < -0.3 is 19.1 Å². The molecule has 1 aliphatic heterocycles. The zero-order valence-electron chi connectivity index (χ0n) is 41.7. The first-order chi connectivity index (χ1) is 29.9. The number of esters is 2. The Morgan fingerprint density at radius 1 is 0.475 bits per heavy atom. The molecular weight excluding hydrogens is 755 g/mol. The fourth-order valence-corrected chi connectivity index (χ4v) is 9.17. The van der Waals surface area contributed by atoms with Crippen LogP contribution < -0.4 is 0 Å². The van der Waals surface area contributed by atoms with Crippen LogP contribution >= 0.6 is 0 Å². The molecule has 0 radical (unpaired) electrons. The van der Waals surface area contributed by atoms with E-state index in [0.29, 0.717) is 44.0 Å². The summed E-state index contributed by atoms with van der Waals surface area (Å²) in [6.45, 7) is 13.5. The summed E-state index contributed by atoms with van der Waals surface area (Å²) in [5.41, 5.74) is 1.65. The monoisotopic (exact) mass is 860 g/mol. The maximum atomic E-state index is 12.6. The largest absolute Gasteiger partial charge is 0.466 e. The van der Waals surface area contributed by atoms with Gasteiger partial charge in [0.15, 0.2) is 0 Å². The van der Waals surface area contributed by atoms with Crippen molar-refractivity contribution in [3.8, 4) is 0 Å². The lowest BCUT2D eigenvalue weighted by Crippen LogP contribution is -2.26. The topological polar surface area (TPSA) is 65.1 Å². The van der Waals surface area contributed by atoms with E-state index in [-0.39, 0.29) is 11.9 Å². The van der Waals surface area contributed by atoms with Gasteiger partial charge in [0.25, 0.3) is 0 Å². The lowest BCUT2D eigenvalue weighted by atomic mass is 9.92. The van der Waals surface area contributed by atoms with Crippen LogP contribution in [-0.4, -0.2) is 62.9 Å². The molecule has 1 fully saturated rings. The van der Waals surface area contributed by atoms with E-state index < -0.39 is 0 Å². The van der Waals surface area contributed by atoms with Crippen molar-refractivity contribution in [1.82, 2.24) is 4.90 Å². The Morgan fingerprint density at radius 2 is 0.836 bits per heavy atom. The molecule has 1 saturated heterocycles. The van der Waals surface area contributed by atoms with E-state index in [1.165, 1.54) is 206 Å². The number of hydrogen-bond donors (Lipinski definition) is 0. The highest BCUT2D eigenvalue weighted by molar-refractivity contribution is 5.70. The lowest BCUT2D eigenvalue weighted by Gasteiger charge is -2.24. The molecule has 0 aromatic carbocycles. The van der Waals surface area contributed by atoms with Crippen molar-refractivity contribution in [3.05, 3.63) is 11.6 Å². The van der Waals surface area contributed by atoms with Crippen LogP contribution in [0, 0.1) is 11.8 Å². The fraction of sp³-hybridized carbons (Fsp3) is 0.927. The first-order valence-corrected chi connectivity index (χ1v) is 27.2. The van der Waals surface area contributed by atoms with Crippen LogP contribution in [0.1, 0.15) is 272 Å². The van der Waals surface area contributed by atoms with Crippen molar-refractivity contribution >= 4 is 11.9 Å². The van der Waals surface area contributed by atoms with E-state index in [9.17, 15) is 9.59 Å². The predicted octanol–water partition coefficient (Wildman–Crippen LogP) is 16.5. The smallest absolute Gasteiger partial charge is 0.306 e. The summed E-state index contributed by atoms with van der Waals surface area (Å²) in [5, 5.41) is 0. The molecule has 0 unspecified atom stereocenters. The highest BCUT2D eigenvalue weighted by Crippen LogP contribution is 2.24. The highest BCUT2D eigenvalue weighted by Gasteiger charge is 2.16. The minimum absolute atomic E-state index is 0.0321. The van der Waals surface area contributed by atoms with E-state index >= 15 is 0 Å². The van der Waals surface area contributed by atoms with Gasteiger partial charge in [-0.1, -0.05) is 193 Å². The van der Waals surface area contributed by atoms with Crippen LogP contribution in [0.2, 0.25) is 0 Å². The first-order valence-electron chi connectivity index (χ1n) is 27.2. The number of piperidine rings is 1. The average Bonchev–Trinajstić information content (AvgIpc) is 3.25. The number of hydrogen-bond acceptors (Lipinski definition) is 6. The van der Waals surface area contributed by atoms with Crippen LogP contribution in [0.4, 0.5) is 0 Å². The maximum Gasteiger partial charge on any atom is 0.306 e. The molecule has 0 aliphatic carbocycles. The average molecular weight is 860 g/mol. The Kier molecular flexibility index (Phi) is 41.4. The van der Waals surface area contributed by atoms with Gasteiger partial charge in [0.1, 0.15) is 0 Å². The van der Waals surface area contributed by atoms with Gasteiger partial charge in [0.05, 0.1) is 19.3 Å². The van der Waals surface area contributed by atoms with Gasteiger partial charge in [-0.3, -0.25) is 9.59 Å². The van der Waals surface area contributed by atoms with Gasteiger partial charge in [0, 0.05) is 32.5 Å². The van der Waals surface area contributed by atoms with Crippen molar-refractivity contribution in [3.63, 3.8) is 0 Å². The number of nitrogens with zero attached hydrogens (tertiary/aromatic N) is 1. The number of ether oxygens (including phenoxy) is 3. The van der Waals surface area contributed by atoms with Gasteiger partial charge in [0.2, 0.25) is 0 Å². The van der Waals surface area contributed by atoms with E-state index in [2.05, 4.69) is 45.7 Å². The summed E-state index contributed by atoms with van der Waals surface area (Å²) >= 11 is 0. The molecule has 0 spiro atoms. The summed E-state index contributed by atoms with van der Waals surface area (Å²) < 4.78 is 17.9. The summed E-state index contributed by atoms with van der Waals surface area (Å²) in [7, 11) is 2.23. The van der Waals surface area contributed by atoms with Gasteiger partial charge in [-0.05, 0) is 95.9 Å². The van der Waals surface area contributed by atoms with Crippen molar-refractivity contribution in [1.29, 1.82) is 0 Å². The van der Waals surface area contributed by atoms with Gasteiger partial charge in [-0.2, -0.15) is 0 Å². The minimum atomic E-state index is 0.0321. The second-order valence-electron chi connectivity index (χ2n) is 19.4. The second-order valence-corrected chi connectivity index (χ2v) is 19.4. The number of carbonyl (C=O) groups is 2.